The van der Waals surface area contributed by atoms with Crippen molar-refractivity contribution < 1.29 is 40.6 Å². The molecule has 0 aromatic carbocycles. The number of ether oxygens (including phenoxy) is 2. The Labute approximate surface area is 138 Å². The third-order valence-electron chi connectivity index (χ3n) is 2.29. The minimum absolute atomic E-state index is 0.377. The van der Waals surface area contributed by atoms with Gasteiger partial charge in [-0.2, -0.15) is 26.3 Å². The van der Waals surface area contributed by atoms with Crippen LogP contribution < -0.4 is 5.32 Å². The smallest absolute Gasteiger partial charge is 0.423 e. The van der Waals surface area contributed by atoms with Gasteiger partial charge in [0.15, 0.2) is 0 Å². The standard InChI is InChI=1S/C12H18BrF6NO3/c1-9(2,3)23-8(21)20-6-10(4,5-13)22-7(11(14,15)16)12(17,18)19/h7H,5-6H2,1-4H3,(H,20,21). The number of hydrogen-bond acceptors (Lipinski definition) is 3. The molecule has 0 heterocycles. The minimum atomic E-state index is -5.63. The summed E-state index contributed by atoms with van der Waals surface area (Å²) in [5, 5.41) is 1.71. The average Bonchev–Trinajstić information content (AvgIpc) is 2.29. The van der Waals surface area contributed by atoms with Crippen LogP contribution in [0, 0.1) is 0 Å². The van der Waals surface area contributed by atoms with Gasteiger partial charge in [0.2, 0.25) is 6.10 Å². The van der Waals surface area contributed by atoms with E-state index in [1.807, 2.05) is 0 Å². The third kappa shape index (κ3) is 8.63. The summed E-state index contributed by atoms with van der Waals surface area (Å²) < 4.78 is 84.3. The van der Waals surface area contributed by atoms with Crippen molar-refractivity contribution in [3.8, 4) is 0 Å². The predicted molar refractivity (Wildman–Crippen MR) is 73.4 cm³/mol. The Balaban J connectivity index is 4.98. The number of halogens is 7. The Morgan fingerprint density at radius 3 is 1.78 bits per heavy atom. The SMILES string of the molecule is CC(C)(C)OC(=O)NCC(C)(CBr)OC(C(F)(F)F)C(F)(F)F. The first kappa shape index (κ1) is 22.3. The highest BCUT2D eigenvalue weighted by Gasteiger charge is 2.60. The molecule has 1 atom stereocenters. The zero-order valence-corrected chi connectivity index (χ0v) is 14.4. The van der Waals surface area contributed by atoms with Crippen LogP contribution in [0.25, 0.3) is 0 Å². The summed E-state index contributed by atoms with van der Waals surface area (Å²) in [6, 6.07) is 0. The van der Waals surface area contributed by atoms with Crippen molar-refractivity contribution in [1.82, 2.24) is 5.32 Å². The number of hydrogen-bond donors (Lipinski definition) is 1. The number of carbonyl (C=O) groups is 1. The lowest BCUT2D eigenvalue weighted by molar-refractivity contribution is -0.340. The number of nitrogens with one attached hydrogen (secondary N) is 1. The van der Waals surface area contributed by atoms with E-state index in [-0.39, 0.29) is 5.33 Å². The van der Waals surface area contributed by atoms with Gasteiger partial charge in [-0.1, -0.05) is 15.9 Å². The summed E-state index contributed by atoms with van der Waals surface area (Å²) in [7, 11) is 0. The summed E-state index contributed by atoms with van der Waals surface area (Å²) in [4.78, 5) is 11.5. The molecule has 0 spiro atoms. The van der Waals surface area contributed by atoms with E-state index in [0.29, 0.717) is 0 Å². The van der Waals surface area contributed by atoms with Crippen LogP contribution in [-0.4, -0.2) is 47.6 Å². The molecule has 23 heavy (non-hydrogen) atoms. The van der Waals surface area contributed by atoms with Gasteiger partial charge in [0, 0.05) is 5.33 Å². The van der Waals surface area contributed by atoms with Crippen molar-refractivity contribution in [2.24, 2.45) is 0 Å². The van der Waals surface area contributed by atoms with Crippen LogP contribution in [-0.2, 0) is 9.47 Å². The van der Waals surface area contributed by atoms with E-state index in [1.54, 1.807) is 20.8 Å². The zero-order valence-electron chi connectivity index (χ0n) is 12.9. The predicted octanol–water partition coefficient (Wildman–Crippen LogP) is 4.17. The molecule has 0 bridgehead atoms. The summed E-state index contributed by atoms with van der Waals surface area (Å²) in [5.74, 6) is 0. The number of alkyl carbamates (subject to hydrolysis) is 1. The van der Waals surface area contributed by atoms with Crippen LogP contribution >= 0.6 is 15.9 Å². The minimum Gasteiger partial charge on any atom is -0.444 e. The summed E-state index contributed by atoms with van der Waals surface area (Å²) in [5.41, 5.74) is -2.82. The number of alkyl halides is 7. The molecule has 1 unspecified atom stereocenters. The largest absolute Gasteiger partial charge is 0.444 e. The molecular weight excluding hydrogens is 400 g/mol. The summed E-state index contributed by atoms with van der Waals surface area (Å²) in [6.45, 7) is 5.04. The van der Waals surface area contributed by atoms with E-state index >= 15 is 0 Å². The van der Waals surface area contributed by atoms with Gasteiger partial charge in [0.05, 0.1) is 12.1 Å². The highest BCUT2D eigenvalue weighted by atomic mass is 79.9. The zero-order chi connectivity index (χ0) is 18.7. The van der Waals surface area contributed by atoms with E-state index < -0.39 is 42.3 Å². The molecule has 138 valence electrons. The number of amides is 1. The Bertz CT molecular complexity index is 393. The van der Waals surface area contributed by atoms with E-state index in [4.69, 9.17) is 4.74 Å². The summed E-state index contributed by atoms with van der Waals surface area (Å²) in [6.07, 6.45) is -16.2. The lowest BCUT2D eigenvalue weighted by Crippen LogP contribution is -2.54. The first-order valence-corrected chi connectivity index (χ1v) is 7.46. The van der Waals surface area contributed by atoms with Crippen molar-refractivity contribution >= 4 is 22.0 Å². The maximum atomic E-state index is 12.5. The fraction of sp³-hybridized carbons (Fsp3) is 0.917. The molecule has 0 aliphatic carbocycles. The molecule has 0 aromatic heterocycles. The van der Waals surface area contributed by atoms with Gasteiger partial charge in [0.25, 0.3) is 0 Å². The summed E-state index contributed by atoms with van der Waals surface area (Å²) >= 11 is 2.79. The first-order chi connectivity index (χ1) is 10.0. The monoisotopic (exact) mass is 417 g/mol. The van der Waals surface area contributed by atoms with Crippen molar-refractivity contribution in [1.29, 1.82) is 0 Å². The van der Waals surface area contributed by atoms with Gasteiger partial charge < -0.3 is 14.8 Å². The molecular formula is C12H18BrF6NO3. The van der Waals surface area contributed by atoms with Crippen molar-refractivity contribution in [2.75, 3.05) is 11.9 Å². The topological polar surface area (TPSA) is 47.6 Å². The Morgan fingerprint density at radius 1 is 1.04 bits per heavy atom. The maximum Gasteiger partial charge on any atom is 0.423 e. The lowest BCUT2D eigenvalue weighted by atomic mass is 10.1. The van der Waals surface area contributed by atoms with Crippen LogP contribution in [0.3, 0.4) is 0 Å². The van der Waals surface area contributed by atoms with E-state index in [0.717, 1.165) is 6.92 Å². The lowest BCUT2D eigenvalue weighted by Gasteiger charge is -2.34. The van der Waals surface area contributed by atoms with Crippen molar-refractivity contribution in [3.05, 3.63) is 0 Å². The van der Waals surface area contributed by atoms with E-state index in [1.165, 1.54) is 0 Å². The average molecular weight is 418 g/mol. The maximum absolute atomic E-state index is 12.5. The van der Waals surface area contributed by atoms with Crippen LogP contribution in [0.15, 0.2) is 0 Å². The Hall–Kier alpha value is -0.710. The Kier molecular flexibility index (Phi) is 7.22. The molecule has 0 saturated heterocycles. The third-order valence-corrected chi connectivity index (χ3v) is 3.47. The van der Waals surface area contributed by atoms with Crippen LogP contribution in [0.1, 0.15) is 27.7 Å². The highest BCUT2D eigenvalue weighted by Crippen LogP contribution is 2.38. The van der Waals surface area contributed by atoms with Gasteiger partial charge in [-0.05, 0) is 27.7 Å². The molecule has 4 nitrogen and oxygen atoms in total. The van der Waals surface area contributed by atoms with Crippen molar-refractivity contribution in [3.63, 3.8) is 0 Å². The molecule has 0 aromatic rings. The molecule has 1 amide bonds. The molecule has 11 heteroatoms. The normalized spacial score (nSPS) is 16.2. The van der Waals surface area contributed by atoms with E-state index in [9.17, 15) is 31.1 Å². The second-order valence-corrected chi connectivity index (χ2v) is 6.58. The van der Waals surface area contributed by atoms with Gasteiger partial charge >= 0.3 is 18.4 Å². The molecule has 0 radical (unpaired) electrons. The van der Waals surface area contributed by atoms with Gasteiger partial charge in [-0.15, -0.1) is 0 Å². The second-order valence-electron chi connectivity index (χ2n) is 6.02. The van der Waals surface area contributed by atoms with Gasteiger partial charge in [-0.3, -0.25) is 0 Å². The number of carbonyl (C=O) groups excluding carboxylic acids is 1. The van der Waals surface area contributed by atoms with Crippen LogP contribution in [0.2, 0.25) is 0 Å². The molecule has 1 N–H and O–H groups in total. The fourth-order valence-electron chi connectivity index (χ4n) is 1.30. The second kappa shape index (κ2) is 7.45. The quantitative estimate of drug-likeness (QED) is 0.539. The molecule has 0 fully saturated rings. The Morgan fingerprint density at radius 2 is 1.48 bits per heavy atom. The molecule has 0 saturated carbocycles. The fourth-order valence-corrected chi connectivity index (χ4v) is 1.63. The van der Waals surface area contributed by atoms with Crippen LogP contribution in [0.5, 0.6) is 0 Å². The molecule has 0 aliphatic heterocycles. The molecule has 0 rings (SSSR count). The van der Waals surface area contributed by atoms with Crippen molar-refractivity contribution in [2.45, 2.75) is 57.4 Å². The van der Waals surface area contributed by atoms with E-state index in [2.05, 4.69) is 26.0 Å². The van der Waals surface area contributed by atoms with Gasteiger partial charge in [-0.25, -0.2) is 4.79 Å². The number of rotatable bonds is 5. The first-order valence-electron chi connectivity index (χ1n) is 6.34. The van der Waals surface area contributed by atoms with Gasteiger partial charge in [0.1, 0.15) is 5.60 Å². The van der Waals surface area contributed by atoms with Crippen LogP contribution in [0.4, 0.5) is 31.1 Å². The molecule has 0 aliphatic rings. The highest BCUT2D eigenvalue weighted by molar-refractivity contribution is 9.09.